The van der Waals surface area contributed by atoms with Gasteiger partial charge >= 0.3 is 0 Å². The molecule has 2 heterocycles. The Labute approximate surface area is 88.0 Å². The number of carbonyl (C=O) groups excluding carboxylic acids is 1. The quantitative estimate of drug-likeness (QED) is 0.689. The SMILES string of the molecule is Cc1cc(C(=O)N2CCO[C@@H](C)C2)on1. The molecule has 2 rings (SSSR count). The van der Waals surface area contributed by atoms with E-state index < -0.39 is 0 Å². The van der Waals surface area contributed by atoms with Gasteiger partial charge < -0.3 is 14.2 Å². The lowest BCUT2D eigenvalue weighted by Crippen LogP contribution is -2.44. The largest absolute Gasteiger partial charge is 0.375 e. The highest BCUT2D eigenvalue weighted by atomic mass is 16.5. The number of ether oxygens (including phenoxy) is 1. The molecule has 1 atom stereocenters. The van der Waals surface area contributed by atoms with Crippen molar-refractivity contribution in [1.29, 1.82) is 0 Å². The monoisotopic (exact) mass is 210 g/mol. The van der Waals surface area contributed by atoms with E-state index in [2.05, 4.69) is 5.16 Å². The highest BCUT2D eigenvalue weighted by Gasteiger charge is 2.24. The molecule has 0 spiro atoms. The van der Waals surface area contributed by atoms with E-state index in [4.69, 9.17) is 9.26 Å². The van der Waals surface area contributed by atoms with Gasteiger partial charge in [0.1, 0.15) is 0 Å². The van der Waals surface area contributed by atoms with E-state index >= 15 is 0 Å². The Morgan fingerprint density at radius 2 is 2.47 bits per heavy atom. The highest BCUT2D eigenvalue weighted by molar-refractivity contribution is 5.91. The van der Waals surface area contributed by atoms with E-state index in [-0.39, 0.29) is 12.0 Å². The minimum atomic E-state index is -0.106. The van der Waals surface area contributed by atoms with Gasteiger partial charge in [0.05, 0.1) is 18.4 Å². The number of aryl methyl sites for hydroxylation is 1. The summed E-state index contributed by atoms with van der Waals surface area (Å²) in [7, 11) is 0. The third-order valence-electron chi connectivity index (χ3n) is 2.37. The van der Waals surface area contributed by atoms with Crippen molar-refractivity contribution in [3.05, 3.63) is 17.5 Å². The zero-order chi connectivity index (χ0) is 10.8. The van der Waals surface area contributed by atoms with E-state index in [9.17, 15) is 4.79 Å². The lowest BCUT2D eigenvalue weighted by Gasteiger charge is -2.30. The summed E-state index contributed by atoms with van der Waals surface area (Å²) in [4.78, 5) is 13.6. The number of morpholine rings is 1. The average Bonchev–Trinajstić information content (AvgIpc) is 2.64. The van der Waals surface area contributed by atoms with Crippen molar-refractivity contribution in [3.8, 4) is 0 Å². The number of hydrogen-bond acceptors (Lipinski definition) is 4. The standard InChI is InChI=1S/C10H14N2O3/c1-7-5-9(15-11-7)10(13)12-3-4-14-8(2)6-12/h5,8H,3-4,6H2,1-2H3/t8-/m0/s1. The van der Waals surface area contributed by atoms with Crippen molar-refractivity contribution in [2.75, 3.05) is 19.7 Å². The van der Waals surface area contributed by atoms with Crippen LogP contribution >= 0.6 is 0 Å². The number of carbonyl (C=O) groups is 1. The molecule has 1 aliphatic heterocycles. The smallest absolute Gasteiger partial charge is 0.292 e. The fraction of sp³-hybridized carbons (Fsp3) is 0.600. The molecule has 5 nitrogen and oxygen atoms in total. The highest BCUT2D eigenvalue weighted by Crippen LogP contribution is 2.11. The van der Waals surface area contributed by atoms with Crippen LogP contribution in [-0.2, 0) is 4.74 Å². The molecule has 1 fully saturated rings. The van der Waals surface area contributed by atoms with Gasteiger partial charge in [0, 0.05) is 19.2 Å². The Kier molecular flexibility index (Phi) is 2.73. The number of nitrogens with zero attached hydrogens (tertiary/aromatic N) is 2. The maximum absolute atomic E-state index is 11.9. The minimum Gasteiger partial charge on any atom is -0.375 e. The van der Waals surface area contributed by atoms with E-state index in [0.29, 0.717) is 25.5 Å². The molecule has 82 valence electrons. The summed E-state index contributed by atoms with van der Waals surface area (Å²) in [6.45, 7) is 5.55. The molecular weight excluding hydrogens is 196 g/mol. The van der Waals surface area contributed by atoms with Gasteiger partial charge in [-0.25, -0.2) is 0 Å². The molecule has 0 bridgehead atoms. The molecule has 15 heavy (non-hydrogen) atoms. The van der Waals surface area contributed by atoms with Crippen molar-refractivity contribution in [2.24, 2.45) is 0 Å². The molecule has 0 saturated carbocycles. The van der Waals surface area contributed by atoms with Crippen molar-refractivity contribution in [3.63, 3.8) is 0 Å². The second kappa shape index (κ2) is 4.02. The first-order valence-corrected chi connectivity index (χ1v) is 5.01. The second-order valence-corrected chi connectivity index (χ2v) is 3.77. The summed E-state index contributed by atoms with van der Waals surface area (Å²) in [5.74, 6) is 0.201. The predicted molar refractivity (Wildman–Crippen MR) is 52.6 cm³/mol. The zero-order valence-electron chi connectivity index (χ0n) is 8.90. The van der Waals surface area contributed by atoms with Gasteiger partial charge in [0.2, 0.25) is 5.76 Å². The Morgan fingerprint density at radius 1 is 1.67 bits per heavy atom. The number of aromatic nitrogens is 1. The maximum atomic E-state index is 11.9. The molecule has 1 aromatic heterocycles. The molecule has 0 N–H and O–H groups in total. The fourth-order valence-electron chi connectivity index (χ4n) is 1.62. The van der Waals surface area contributed by atoms with E-state index in [1.54, 1.807) is 17.9 Å². The van der Waals surface area contributed by atoms with Crippen molar-refractivity contribution >= 4 is 5.91 Å². The Balaban J connectivity index is 2.07. The van der Waals surface area contributed by atoms with Crippen LogP contribution < -0.4 is 0 Å². The molecule has 5 heteroatoms. The van der Waals surface area contributed by atoms with E-state index in [1.165, 1.54) is 0 Å². The Hall–Kier alpha value is -1.36. The maximum Gasteiger partial charge on any atom is 0.292 e. The molecule has 1 amide bonds. The lowest BCUT2D eigenvalue weighted by atomic mass is 10.2. The van der Waals surface area contributed by atoms with Crippen LogP contribution in [0.4, 0.5) is 0 Å². The molecular formula is C10H14N2O3. The van der Waals surface area contributed by atoms with Gasteiger partial charge in [-0.1, -0.05) is 5.16 Å². The summed E-state index contributed by atoms with van der Waals surface area (Å²) in [5, 5.41) is 3.70. The van der Waals surface area contributed by atoms with Gasteiger partial charge in [-0.15, -0.1) is 0 Å². The van der Waals surface area contributed by atoms with Gasteiger partial charge in [-0.3, -0.25) is 4.79 Å². The van der Waals surface area contributed by atoms with Crippen LogP contribution in [0.3, 0.4) is 0 Å². The first-order chi connectivity index (χ1) is 7.16. The lowest BCUT2D eigenvalue weighted by molar-refractivity contribution is -0.0137. The van der Waals surface area contributed by atoms with E-state index in [1.807, 2.05) is 6.92 Å². The second-order valence-electron chi connectivity index (χ2n) is 3.77. The van der Waals surface area contributed by atoms with Crippen LogP contribution in [0, 0.1) is 6.92 Å². The number of amides is 1. The van der Waals surface area contributed by atoms with Crippen LogP contribution in [0.15, 0.2) is 10.6 Å². The summed E-state index contributed by atoms with van der Waals surface area (Å²) in [6.07, 6.45) is 0.0896. The summed E-state index contributed by atoms with van der Waals surface area (Å²) >= 11 is 0. The molecule has 1 aliphatic rings. The third kappa shape index (κ3) is 2.18. The Morgan fingerprint density at radius 3 is 3.07 bits per heavy atom. The number of hydrogen-bond donors (Lipinski definition) is 0. The molecule has 0 aromatic carbocycles. The van der Waals surface area contributed by atoms with Crippen molar-refractivity contribution in [1.82, 2.24) is 10.1 Å². The van der Waals surface area contributed by atoms with Gasteiger partial charge in [-0.05, 0) is 13.8 Å². The first-order valence-electron chi connectivity index (χ1n) is 5.01. The predicted octanol–water partition coefficient (Wildman–Crippen LogP) is 0.844. The van der Waals surface area contributed by atoms with Crippen molar-refractivity contribution in [2.45, 2.75) is 20.0 Å². The summed E-state index contributed by atoms with van der Waals surface area (Å²) in [6, 6.07) is 1.66. The Bertz CT molecular complexity index is 361. The molecule has 1 saturated heterocycles. The van der Waals surface area contributed by atoms with Crippen LogP contribution in [-0.4, -0.2) is 41.8 Å². The molecule has 0 unspecified atom stereocenters. The fourth-order valence-corrected chi connectivity index (χ4v) is 1.62. The average molecular weight is 210 g/mol. The van der Waals surface area contributed by atoms with Gasteiger partial charge in [0.25, 0.3) is 5.91 Å². The molecule has 1 aromatic rings. The van der Waals surface area contributed by atoms with Crippen LogP contribution in [0.1, 0.15) is 23.2 Å². The summed E-state index contributed by atoms with van der Waals surface area (Å²) in [5.41, 5.74) is 0.722. The normalized spacial score (nSPS) is 21.7. The van der Waals surface area contributed by atoms with Crippen LogP contribution in [0.25, 0.3) is 0 Å². The van der Waals surface area contributed by atoms with Crippen LogP contribution in [0.5, 0.6) is 0 Å². The third-order valence-corrected chi connectivity index (χ3v) is 2.37. The van der Waals surface area contributed by atoms with Crippen molar-refractivity contribution < 1.29 is 14.1 Å². The minimum absolute atomic E-state index is 0.0896. The molecule has 0 radical (unpaired) electrons. The van der Waals surface area contributed by atoms with Crippen LogP contribution in [0.2, 0.25) is 0 Å². The van der Waals surface area contributed by atoms with E-state index in [0.717, 1.165) is 5.69 Å². The summed E-state index contributed by atoms with van der Waals surface area (Å²) < 4.78 is 10.3. The van der Waals surface area contributed by atoms with Gasteiger partial charge in [-0.2, -0.15) is 0 Å². The topological polar surface area (TPSA) is 55.6 Å². The van der Waals surface area contributed by atoms with Gasteiger partial charge in [0.15, 0.2) is 0 Å². The first kappa shape index (κ1) is 10.2. The zero-order valence-corrected chi connectivity index (χ0v) is 8.90. The molecule has 0 aliphatic carbocycles. The number of rotatable bonds is 1.